The Labute approximate surface area is 113 Å². The van der Waals surface area contributed by atoms with Crippen molar-refractivity contribution in [2.45, 2.75) is 0 Å². The highest BCUT2D eigenvalue weighted by Gasteiger charge is 2.11. The molecule has 1 N–H and O–H groups in total. The number of benzene rings is 1. The fraction of sp³-hybridized carbons (Fsp3) is 0. The molecule has 0 fully saturated rings. The molecule has 20 heavy (non-hydrogen) atoms. The smallest absolute Gasteiger partial charge is 0.258 e. The molecule has 0 unspecified atom stereocenters. The van der Waals surface area contributed by atoms with Crippen LogP contribution in [0, 0.1) is 0 Å². The van der Waals surface area contributed by atoms with Crippen molar-refractivity contribution in [2.75, 3.05) is 0 Å². The Morgan fingerprint density at radius 3 is 2.95 bits per heavy atom. The number of aromatic amines is 1. The minimum Gasteiger partial charge on any atom is -0.345 e. The van der Waals surface area contributed by atoms with Crippen molar-refractivity contribution in [1.29, 1.82) is 0 Å². The van der Waals surface area contributed by atoms with Gasteiger partial charge < -0.3 is 9.51 Å². The molecule has 6 nitrogen and oxygen atoms in total. The highest BCUT2D eigenvalue weighted by Crippen LogP contribution is 2.23. The molecule has 0 bridgehead atoms. The van der Waals surface area contributed by atoms with Gasteiger partial charge in [-0.3, -0.25) is 4.98 Å². The van der Waals surface area contributed by atoms with Crippen LogP contribution in [0.4, 0.5) is 0 Å². The van der Waals surface area contributed by atoms with Crippen molar-refractivity contribution < 1.29 is 4.52 Å². The minimum absolute atomic E-state index is 0.460. The largest absolute Gasteiger partial charge is 0.345 e. The van der Waals surface area contributed by atoms with E-state index in [0.29, 0.717) is 17.4 Å². The molecule has 0 amide bonds. The second-order valence-corrected chi connectivity index (χ2v) is 4.27. The van der Waals surface area contributed by atoms with Crippen LogP contribution in [0.3, 0.4) is 0 Å². The fourth-order valence-electron chi connectivity index (χ4n) is 2.01. The van der Waals surface area contributed by atoms with Gasteiger partial charge in [0.1, 0.15) is 5.69 Å². The number of imidazole rings is 1. The van der Waals surface area contributed by atoms with Crippen molar-refractivity contribution in [3.05, 3.63) is 48.9 Å². The average molecular weight is 263 g/mol. The van der Waals surface area contributed by atoms with Gasteiger partial charge in [0.15, 0.2) is 0 Å². The summed E-state index contributed by atoms with van der Waals surface area (Å²) in [4.78, 5) is 15.8. The molecule has 0 radical (unpaired) electrons. The zero-order valence-corrected chi connectivity index (χ0v) is 10.3. The Kier molecular flexibility index (Phi) is 2.32. The fourth-order valence-corrected chi connectivity index (χ4v) is 2.01. The van der Waals surface area contributed by atoms with Crippen molar-refractivity contribution in [3.63, 3.8) is 0 Å². The van der Waals surface area contributed by atoms with Crippen LogP contribution >= 0.6 is 0 Å². The van der Waals surface area contributed by atoms with Gasteiger partial charge in [0.2, 0.25) is 5.82 Å². The molecule has 0 atom stereocenters. The second kappa shape index (κ2) is 4.27. The lowest BCUT2D eigenvalue weighted by atomic mass is 10.2. The van der Waals surface area contributed by atoms with Gasteiger partial charge in [-0.1, -0.05) is 11.2 Å². The molecule has 0 aliphatic rings. The topological polar surface area (TPSA) is 80.5 Å². The van der Waals surface area contributed by atoms with Crippen molar-refractivity contribution in [1.82, 2.24) is 25.1 Å². The third-order valence-corrected chi connectivity index (χ3v) is 2.99. The van der Waals surface area contributed by atoms with Gasteiger partial charge in [0.25, 0.3) is 5.89 Å². The molecule has 3 aromatic heterocycles. The summed E-state index contributed by atoms with van der Waals surface area (Å²) >= 11 is 0. The molecule has 4 rings (SSSR count). The summed E-state index contributed by atoms with van der Waals surface area (Å²) in [6.45, 7) is 0. The van der Waals surface area contributed by atoms with E-state index in [2.05, 4.69) is 25.1 Å². The van der Waals surface area contributed by atoms with Crippen molar-refractivity contribution in [2.24, 2.45) is 0 Å². The maximum absolute atomic E-state index is 5.30. The van der Waals surface area contributed by atoms with E-state index in [4.69, 9.17) is 4.52 Å². The predicted octanol–water partition coefficient (Wildman–Crippen LogP) is 2.67. The third kappa shape index (κ3) is 1.74. The van der Waals surface area contributed by atoms with Crippen LogP contribution < -0.4 is 0 Å². The van der Waals surface area contributed by atoms with Gasteiger partial charge in [0.05, 0.1) is 17.4 Å². The number of rotatable bonds is 2. The van der Waals surface area contributed by atoms with Crippen molar-refractivity contribution >= 4 is 11.0 Å². The first-order valence-electron chi connectivity index (χ1n) is 6.09. The summed E-state index contributed by atoms with van der Waals surface area (Å²) < 4.78 is 5.30. The Morgan fingerprint density at radius 1 is 1.05 bits per heavy atom. The van der Waals surface area contributed by atoms with E-state index in [1.165, 1.54) is 0 Å². The number of aromatic nitrogens is 5. The first-order valence-corrected chi connectivity index (χ1v) is 6.09. The zero-order chi connectivity index (χ0) is 13.4. The van der Waals surface area contributed by atoms with Crippen LogP contribution in [0.2, 0.25) is 0 Å². The summed E-state index contributed by atoms with van der Waals surface area (Å²) in [5.41, 5.74) is 3.36. The molecule has 0 aliphatic heterocycles. The third-order valence-electron chi connectivity index (χ3n) is 2.99. The molecule has 6 heteroatoms. The van der Waals surface area contributed by atoms with E-state index in [-0.39, 0.29) is 0 Å². The number of pyridine rings is 1. The molecule has 0 aliphatic carbocycles. The van der Waals surface area contributed by atoms with E-state index in [0.717, 1.165) is 16.6 Å². The molecule has 3 heterocycles. The van der Waals surface area contributed by atoms with E-state index in [1.807, 2.05) is 36.4 Å². The Hall–Kier alpha value is -3.02. The highest BCUT2D eigenvalue weighted by atomic mass is 16.5. The van der Waals surface area contributed by atoms with Crippen LogP contribution in [-0.2, 0) is 0 Å². The number of hydrogen-bond acceptors (Lipinski definition) is 5. The number of nitrogens with one attached hydrogen (secondary N) is 1. The quantitative estimate of drug-likeness (QED) is 0.601. The lowest BCUT2D eigenvalue weighted by molar-refractivity contribution is 0.432. The summed E-state index contributed by atoms with van der Waals surface area (Å²) in [6, 6.07) is 11.3. The molecule has 0 spiro atoms. The normalized spacial score (nSPS) is 11.0. The van der Waals surface area contributed by atoms with Crippen LogP contribution in [0.15, 0.2) is 53.4 Å². The zero-order valence-electron chi connectivity index (χ0n) is 10.3. The van der Waals surface area contributed by atoms with Crippen LogP contribution in [0.1, 0.15) is 0 Å². The standard InChI is InChI=1S/C14H9N5O/c1-2-6-15-11(3-1)13-18-14(20-19-13)9-4-5-10-12(7-9)17-8-16-10/h1-8H,(H,16,17). The number of H-pyrrole nitrogens is 1. The molecule has 4 aromatic rings. The second-order valence-electron chi connectivity index (χ2n) is 4.27. The summed E-state index contributed by atoms with van der Waals surface area (Å²) in [5.74, 6) is 0.937. The van der Waals surface area contributed by atoms with Gasteiger partial charge >= 0.3 is 0 Å². The Bertz CT molecular complexity index is 865. The maximum atomic E-state index is 5.30. The number of nitrogens with zero attached hydrogens (tertiary/aromatic N) is 4. The minimum atomic E-state index is 0.460. The van der Waals surface area contributed by atoms with Crippen LogP contribution in [-0.4, -0.2) is 25.1 Å². The van der Waals surface area contributed by atoms with Gasteiger partial charge in [0, 0.05) is 11.8 Å². The lowest BCUT2D eigenvalue weighted by Crippen LogP contribution is -1.84. The van der Waals surface area contributed by atoms with Crippen LogP contribution in [0.25, 0.3) is 34.0 Å². The number of hydrogen-bond donors (Lipinski definition) is 1. The monoisotopic (exact) mass is 263 g/mol. The summed E-state index contributed by atoms with van der Waals surface area (Å²) in [7, 11) is 0. The molecular formula is C14H9N5O. The SMILES string of the molecule is c1ccc(-c2noc(-c3ccc4nc[nH]c4c3)n2)nc1. The van der Waals surface area contributed by atoms with E-state index in [9.17, 15) is 0 Å². The molecular weight excluding hydrogens is 254 g/mol. The van der Waals surface area contributed by atoms with E-state index >= 15 is 0 Å². The van der Waals surface area contributed by atoms with Gasteiger partial charge in [-0.15, -0.1) is 0 Å². The number of fused-ring (bicyclic) bond motifs is 1. The maximum Gasteiger partial charge on any atom is 0.258 e. The molecule has 1 aromatic carbocycles. The molecule has 0 saturated carbocycles. The van der Waals surface area contributed by atoms with Crippen LogP contribution in [0.5, 0.6) is 0 Å². The first kappa shape index (κ1) is 10.9. The highest BCUT2D eigenvalue weighted by molar-refractivity contribution is 5.79. The van der Waals surface area contributed by atoms with E-state index in [1.54, 1.807) is 12.5 Å². The average Bonchev–Trinajstić information content (AvgIpc) is 3.16. The lowest BCUT2D eigenvalue weighted by Gasteiger charge is -1.93. The van der Waals surface area contributed by atoms with Gasteiger partial charge in [-0.05, 0) is 30.3 Å². The first-order chi connectivity index (χ1) is 9.90. The Balaban J connectivity index is 1.77. The Morgan fingerprint density at radius 2 is 2.05 bits per heavy atom. The predicted molar refractivity (Wildman–Crippen MR) is 72.6 cm³/mol. The summed E-state index contributed by atoms with van der Waals surface area (Å²) in [5, 5.41) is 3.96. The molecule has 0 saturated heterocycles. The van der Waals surface area contributed by atoms with Crippen molar-refractivity contribution in [3.8, 4) is 23.0 Å². The van der Waals surface area contributed by atoms with Gasteiger partial charge in [-0.25, -0.2) is 4.98 Å². The van der Waals surface area contributed by atoms with E-state index < -0.39 is 0 Å². The summed E-state index contributed by atoms with van der Waals surface area (Å²) in [6.07, 6.45) is 3.35. The van der Waals surface area contributed by atoms with Gasteiger partial charge in [-0.2, -0.15) is 4.98 Å². The molecule has 96 valence electrons.